The van der Waals surface area contributed by atoms with Crippen molar-refractivity contribution in [1.29, 1.82) is 0 Å². The van der Waals surface area contributed by atoms with E-state index in [0.717, 1.165) is 49.7 Å². The van der Waals surface area contributed by atoms with Gasteiger partial charge in [0.15, 0.2) is 0 Å². The Morgan fingerprint density at radius 1 is 0.909 bits per heavy atom. The third kappa shape index (κ3) is 7.39. The smallest absolute Gasteiger partial charge is 0.264 e. The van der Waals surface area contributed by atoms with E-state index >= 15 is 0 Å². The molecule has 0 radical (unpaired) electrons. The standard InChI is InChI=1S/C35H40N4O4S/c40-35(30-15-17-31(18-16-30)37-44(41,42)33-14-4-11-29-12-5-19-36-34(29)33)39-22-20-38(21-23-39)26-28-9-3-13-32(25-28)43-24-6-10-27-7-1-2-8-27/h3-5,9,11-19,25,27,37H,1-2,6-8,10,20-24,26H2. The number of hydrogen-bond acceptors (Lipinski definition) is 6. The molecular weight excluding hydrogens is 572 g/mol. The monoisotopic (exact) mass is 612 g/mol. The summed E-state index contributed by atoms with van der Waals surface area (Å²) in [4.78, 5) is 21.8. The zero-order valence-electron chi connectivity index (χ0n) is 25.0. The molecule has 2 aliphatic rings. The quantitative estimate of drug-likeness (QED) is 0.199. The van der Waals surface area contributed by atoms with Gasteiger partial charge in [-0.05, 0) is 72.9 Å². The number of anilines is 1. The van der Waals surface area contributed by atoms with E-state index in [-0.39, 0.29) is 10.8 Å². The summed E-state index contributed by atoms with van der Waals surface area (Å²) in [6, 6.07) is 23.6. The molecule has 0 spiro atoms. The van der Waals surface area contributed by atoms with Gasteiger partial charge in [-0.15, -0.1) is 0 Å². The molecule has 1 amide bonds. The molecule has 1 saturated carbocycles. The zero-order chi connectivity index (χ0) is 30.4. The topological polar surface area (TPSA) is 91.8 Å². The van der Waals surface area contributed by atoms with Gasteiger partial charge in [0.2, 0.25) is 0 Å². The molecule has 44 heavy (non-hydrogen) atoms. The predicted molar refractivity (Wildman–Crippen MR) is 173 cm³/mol. The number of pyridine rings is 1. The van der Waals surface area contributed by atoms with Gasteiger partial charge in [0.1, 0.15) is 10.6 Å². The van der Waals surface area contributed by atoms with Crippen LogP contribution in [-0.2, 0) is 16.6 Å². The van der Waals surface area contributed by atoms with Crippen LogP contribution in [0.5, 0.6) is 5.75 Å². The van der Waals surface area contributed by atoms with Crippen molar-refractivity contribution in [2.45, 2.75) is 50.0 Å². The maximum absolute atomic E-state index is 13.2. The summed E-state index contributed by atoms with van der Waals surface area (Å²) in [6.45, 7) is 4.44. The second kappa shape index (κ2) is 13.8. The van der Waals surface area contributed by atoms with Gasteiger partial charge in [-0.2, -0.15) is 0 Å². The summed E-state index contributed by atoms with van der Waals surface area (Å²) in [7, 11) is -3.86. The Labute approximate surface area is 260 Å². The molecule has 230 valence electrons. The van der Waals surface area contributed by atoms with Gasteiger partial charge in [-0.3, -0.25) is 19.4 Å². The summed E-state index contributed by atoms with van der Waals surface area (Å²) in [5.74, 6) is 1.78. The number of nitrogens with one attached hydrogen (secondary N) is 1. The Kier molecular flexibility index (Phi) is 9.43. The minimum atomic E-state index is -3.86. The highest BCUT2D eigenvalue weighted by molar-refractivity contribution is 7.93. The molecule has 0 atom stereocenters. The van der Waals surface area contributed by atoms with Crippen molar-refractivity contribution in [3.63, 3.8) is 0 Å². The van der Waals surface area contributed by atoms with Crippen LogP contribution in [0.2, 0.25) is 0 Å². The summed E-state index contributed by atoms with van der Waals surface area (Å²) in [5.41, 5.74) is 2.56. The Morgan fingerprint density at radius 3 is 2.45 bits per heavy atom. The highest BCUT2D eigenvalue weighted by Gasteiger charge is 2.23. The minimum Gasteiger partial charge on any atom is -0.494 e. The fourth-order valence-electron chi connectivity index (χ4n) is 6.33. The lowest BCUT2D eigenvalue weighted by atomic mass is 10.0. The number of fused-ring (bicyclic) bond motifs is 1. The molecule has 9 heteroatoms. The Hall–Kier alpha value is -3.95. The van der Waals surface area contributed by atoms with Crippen molar-refractivity contribution in [3.05, 3.63) is 96.2 Å². The van der Waals surface area contributed by atoms with Crippen molar-refractivity contribution in [3.8, 4) is 5.75 Å². The number of benzene rings is 3. The van der Waals surface area contributed by atoms with Crippen LogP contribution in [0, 0.1) is 5.92 Å². The summed E-state index contributed by atoms with van der Waals surface area (Å²) in [5, 5.41) is 0.749. The van der Waals surface area contributed by atoms with Crippen LogP contribution < -0.4 is 9.46 Å². The van der Waals surface area contributed by atoms with Crippen molar-refractivity contribution >= 4 is 32.5 Å². The van der Waals surface area contributed by atoms with Crippen LogP contribution in [0.15, 0.2) is 90.0 Å². The molecule has 2 heterocycles. The number of sulfonamides is 1. The number of hydrogen-bond donors (Lipinski definition) is 1. The highest BCUT2D eigenvalue weighted by Crippen LogP contribution is 2.29. The molecule has 0 bridgehead atoms. The van der Waals surface area contributed by atoms with Gasteiger partial charge in [0.05, 0.1) is 12.1 Å². The Morgan fingerprint density at radius 2 is 1.66 bits per heavy atom. The van der Waals surface area contributed by atoms with Gasteiger partial charge in [0.25, 0.3) is 15.9 Å². The third-order valence-corrected chi connectivity index (χ3v) is 10.1. The molecule has 1 aliphatic heterocycles. The molecule has 0 unspecified atom stereocenters. The average molecular weight is 613 g/mol. The molecule has 3 aromatic carbocycles. The average Bonchev–Trinajstić information content (AvgIpc) is 3.57. The van der Waals surface area contributed by atoms with E-state index in [4.69, 9.17) is 4.74 Å². The molecule has 6 rings (SSSR count). The van der Waals surface area contributed by atoms with Crippen LogP contribution in [0.1, 0.15) is 54.4 Å². The van der Waals surface area contributed by atoms with E-state index in [0.29, 0.717) is 29.9 Å². The lowest BCUT2D eigenvalue weighted by Crippen LogP contribution is -2.48. The Balaban J connectivity index is 0.982. The predicted octanol–water partition coefficient (Wildman–Crippen LogP) is 6.34. The lowest BCUT2D eigenvalue weighted by Gasteiger charge is -2.34. The van der Waals surface area contributed by atoms with E-state index < -0.39 is 10.0 Å². The first-order chi connectivity index (χ1) is 21.4. The summed E-state index contributed by atoms with van der Waals surface area (Å²) < 4.78 is 34.9. The van der Waals surface area contributed by atoms with Crippen molar-refractivity contribution in [2.75, 3.05) is 37.5 Å². The van der Waals surface area contributed by atoms with Gasteiger partial charge in [0, 0.05) is 55.6 Å². The molecular formula is C35H40N4O4S. The van der Waals surface area contributed by atoms with Crippen molar-refractivity contribution in [1.82, 2.24) is 14.8 Å². The van der Waals surface area contributed by atoms with Crippen LogP contribution >= 0.6 is 0 Å². The first-order valence-corrected chi connectivity index (χ1v) is 17.1. The molecule has 4 aromatic rings. The molecule has 1 aliphatic carbocycles. The van der Waals surface area contributed by atoms with Crippen molar-refractivity contribution in [2.24, 2.45) is 5.92 Å². The number of aromatic nitrogens is 1. The van der Waals surface area contributed by atoms with E-state index in [2.05, 4.69) is 32.8 Å². The van der Waals surface area contributed by atoms with Gasteiger partial charge < -0.3 is 9.64 Å². The molecule has 1 aromatic heterocycles. The zero-order valence-corrected chi connectivity index (χ0v) is 25.8. The molecule has 1 N–H and O–H groups in total. The number of carbonyl (C=O) groups is 1. The fourth-order valence-corrected chi connectivity index (χ4v) is 7.57. The number of para-hydroxylation sites is 1. The van der Waals surface area contributed by atoms with Crippen molar-refractivity contribution < 1.29 is 17.9 Å². The van der Waals surface area contributed by atoms with Crippen LogP contribution in [0.25, 0.3) is 10.9 Å². The lowest BCUT2D eigenvalue weighted by molar-refractivity contribution is 0.0628. The number of amides is 1. The first kappa shape index (κ1) is 30.1. The highest BCUT2D eigenvalue weighted by atomic mass is 32.2. The molecule has 8 nitrogen and oxygen atoms in total. The van der Waals surface area contributed by atoms with E-state index in [1.807, 2.05) is 23.1 Å². The first-order valence-electron chi connectivity index (χ1n) is 15.6. The number of nitrogens with zero attached hydrogens (tertiary/aromatic N) is 3. The number of rotatable bonds is 11. The van der Waals surface area contributed by atoms with E-state index in [1.165, 1.54) is 37.7 Å². The third-order valence-electron chi connectivity index (χ3n) is 8.73. The Bertz CT molecular complexity index is 1670. The molecule has 2 fully saturated rings. The van der Waals surface area contributed by atoms with Crippen LogP contribution in [-0.4, -0.2) is 61.9 Å². The van der Waals surface area contributed by atoms with Gasteiger partial charge in [-0.1, -0.05) is 56.0 Å². The summed E-state index contributed by atoms with van der Waals surface area (Å²) in [6.07, 6.45) is 9.52. The number of ether oxygens (including phenoxy) is 1. The van der Waals surface area contributed by atoms with Gasteiger partial charge >= 0.3 is 0 Å². The maximum Gasteiger partial charge on any atom is 0.264 e. The van der Waals surface area contributed by atoms with E-state index in [1.54, 1.807) is 48.7 Å². The second-order valence-corrected chi connectivity index (χ2v) is 13.5. The second-order valence-electron chi connectivity index (χ2n) is 11.9. The number of piperazine rings is 1. The number of carbonyl (C=O) groups excluding carboxylic acids is 1. The SMILES string of the molecule is O=C(c1ccc(NS(=O)(=O)c2cccc3cccnc23)cc1)N1CCN(Cc2cccc(OCCCC3CCCC3)c2)CC1. The van der Waals surface area contributed by atoms with Crippen LogP contribution in [0.3, 0.4) is 0 Å². The summed E-state index contributed by atoms with van der Waals surface area (Å²) >= 11 is 0. The van der Waals surface area contributed by atoms with Gasteiger partial charge in [-0.25, -0.2) is 8.42 Å². The van der Waals surface area contributed by atoms with E-state index in [9.17, 15) is 13.2 Å². The minimum absolute atomic E-state index is 0.0506. The molecule has 1 saturated heterocycles. The maximum atomic E-state index is 13.2. The fraction of sp³-hybridized carbons (Fsp3) is 0.371. The largest absolute Gasteiger partial charge is 0.494 e. The normalized spacial score (nSPS) is 16.3. The van der Waals surface area contributed by atoms with Crippen LogP contribution in [0.4, 0.5) is 5.69 Å².